The fourth-order valence-corrected chi connectivity index (χ4v) is 8.69. The van der Waals surface area contributed by atoms with Crippen LogP contribution >= 0.6 is 0 Å². The number of rotatable bonds is 6. The van der Waals surface area contributed by atoms with Crippen molar-refractivity contribution in [1.29, 1.82) is 0 Å². The Hall–Kier alpha value is -1.20. The molecule has 5 heteroatoms. The van der Waals surface area contributed by atoms with E-state index in [9.17, 15) is 5.11 Å². The largest absolute Gasteiger partial charge is 0.387 e. The van der Waals surface area contributed by atoms with Gasteiger partial charge in [-0.1, -0.05) is 24.3 Å². The first-order chi connectivity index (χ1) is 14.9. The van der Waals surface area contributed by atoms with E-state index in [1.54, 1.807) is 6.20 Å². The number of hydrogen-bond donors (Lipinski definition) is 1. The molecule has 0 saturated heterocycles. The summed E-state index contributed by atoms with van der Waals surface area (Å²) in [5.74, 6) is 4.72. The van der Waals surface area contributed by atoms with Crippen molar-refractivity contribution in [3.63, 3.8) is 0 Å². The molecule has 0 radical (unpaired) electrons. The minimum atomic E-state index is -0.579. The third-order valence-electron chi connectivity index (χ3n) is 10.0. The zero-order chi connectivity index (χ0) is 21.6. The second-order valence-corrected chi connectivity index (χ2v) is 11.5. The summed E-state index contributed by atoms with van der Waals surface area (Å²) in [5.41, 5.74) is 1.17. The topological polar surface area (TPSA) is 60.2 Å². The molecule has 1 N–H and O–H groups in total. The van der Waals surface area contributed by atoms with E-state index >= 15 is 0 Å². The maximum absolute atomic E-state index is 11.1. The second kappa shape index (κ2) is 8.30. The van der Waals surface area contributed by atoms with E-state index in [0.29, 0.717) is 30.5 Å². The van der Waals surface area contributed by atoms with Gasteiger partial charge >= 0.3 is 0 Å². The molecule has 4 aliphatic carbocycles. The summed E-state index contributed by atoms with van der Waals surface area (Å²) in [6.45, 7) is 11.2. The van der Waals surface area contributed by atoms with E-state index in [0.717, 1.165) is 43.1 Å². The number of ether oxygens (including phenoxy) is 1. The third kappa shape index (κ3) is 3.80. The summed E-state index contributed by atoms with van der Waals surface area (Å²) in [4.78, 5) is 0. The summed E-state index contributed by atoms with van der Waals surface area (Å²) in [6.07, 6.45) is 14.8. The first-order valence-electron chi connectivity index (χ1n) is 12.8. The molecule has 4 saturated carbocycles. The lowest BCUT2D eigenvalue weighted by atomic mass is 9.48. The standard InChI is InChI=1S/C26H41N3O2/c1-4-31-17-26(30)12-10-20-19(15-26)5-6-22-21(20)9-11-25(3)23(7-8-24(22)25)18(2)16-29-14-13-27-28-29/h13-14,19-24,30H,2,4-12,15-17H2,1,3H3/t19-,20-,21+,22+,23+,24-,25+,26+/m0/s1. The average molecular weight is 428 g/mol. The predicted molar refractivity (Wildman–Crippen MR) is 121 cm³/mol. The SMILES string of the molecule is C=C(Cn1ccnn1)[C@H]1CC[C@H]2[C@@H]3CC[C@H]4C[C@@](O)(COCC)CC[C@@H]4[C@H]3CC[C@]12C. The van der Waals surface area contributed by atoms with Crippen LogP contribution in [-0.4, -0.2) is 38.9 Å². The Morgan fingerprint density at radius 1 is 1.13 bits per heavy atom. The molecule has 31 heavy (non-hydrogen) atoms. The molecule has 172 valence electrons. The molecule has 0 spiro atoms. The lowest BCUT2D eigenvalue weighted by Crippen LogP contribution is -2.52. The Balaban J connectivity index is 1.27. The van der Waals surface area contributed by atoms with Crippen molar-refractivity contribution in [3.05, 3.63) is 24.5 Å². The van der Waals surface area contributed by atoms with Crippen LogP contribution in [0.3, 0.4) is 0 Å². The maximum Gasteiger partial charge on any atom is 0.0883 e. The van der Waals surface area contributed by atoms with Crippen molar-refractivity contribution in [3.8, 4) is 0 Å². The van der Waals surface area contributed by atoms with Gasteiger partial charge in [-0.15, -0.1) is 5.10 Å². The van der Waals surface area contributed by atoms with E-state index < -0.39 is 5.60 Å². The summed E-state index contributed by atoms with van der Waals surface area (Å²) < 4.78 is 7.57. The highest BCUT2D eigenvalue weighted by Crippen LogP contribution is 2.65. The first-order valence-corrected chi connectivity index (χ1v) is 12.8. The molecule has 4 fully saturated rings. The molecular formula is C26H41N3O2. The third-order valence-corrected chi connectivity index (χ3v) is 10.0. The van der Waals surface area contributed by atoms with Gasteiger partial charge in [-0.25, -0.2) is 4.68 Å². The minimum absolute atomic E-state index is 0.399. The molecule has 5 nitrogen and oxygen atoms in total. The molecule has 0 amide bonds. The van der Waals surface area contributed by atoms with Gasteiger partial charge in [0.05, 0.1) is 24.9 Å². The van der Waals surface area contributed by atoms with Gasteiger partial charge in [0.1, 0.15) is 0 Å². The van der Waals surface area contributed by atoms with Crippen LogP contribution in [0.25, 0.3) is 0 Å². The fourth-order valence-electron chi connectivity index (χ4n) is 8.69. The molecule has 5 rings (SSSR count). The normalized spacial score (nSPS) is 44.4. The molecule has 0 unspecified atom stereocenters. The van der Waals surface area contributed by atoms with Crippen LogP contribution in [0.1, 0.15) is 71.6 Å². The Kier molecular flexibility index (Phi) is 5.79. The van der Waals surface area contributed by atoms with Crippen LogP contribution < -0.4 is 0 Å². The predicted octanol–water partition coefficient (Wildman–Crippen LogP) is 4.87. The van der Waals surface area contributed by atoms with Crippen molar-refractivity contribution < 1.29 is 9.84 Å². The number of nitrogens with zero attached hydrogens (tertiary/aromatic N) is 3. The Morgan fingerprint density at radius 3 is 2.74 bits per heavy atom. The number of aliphatic hydroxyl groups is 1. The lowest BCUT2D eigenvalue weighted by Gasteiger charge is -2.57. The molecule has 1 aromatic heterocycles. The zero-order valence-electron chi connectivity index (χ0n) is 19.5. The van der Waals surface area contributed by atoms with Gasteiger partial charge in [0.2, 0.25) is 0 Å². The second-order valence-electron chi connectivity index (χ2n) is 11.5. The quantitative estimate of drug-likeness (QED) is 0.658. The van der Waals surface area contributed by atoms with Gasteiger partial charge in [0, 0.05) is 12.8 Å². The van der Waals surface area contributed by atoms with Crippen LogP contribution in [0.5, 0.6) is 0 Å². The molecule has 0 bridgehead atoms. The summed E-state index contributed by atoms with van der Waals surface area (Å²) in [7, 11) is 0. The molecule has 1 aromatic rings. The highest BCUT2D eigenvalue weighted by molar-refractivity contribution is 5.15. The van der Waals surface area contributed by atoms with Crippen molar-refractivity contribution in [2.45, 2.75) is 83.8 Å². The molecule has 0 aliphatic heterocycles. The molecule has 4 aliphatic rings. The number of hydrogen-bond acceptors (Lipinski definition) is 4. The van der Waals surface area contributed by atoms with Crippen LogP contribution in [0.2, 0.25) is 0 Å². The van der Waals surface area contributed by atoms with Gasteiger partial charge in [-0.2, -0.15) is 0 Å². The Bertz CT molecular complexity index is 780. The first kappa shape index (κ1) is 21.6. The van der Waals surface area contributed by atoms with Crippen LogP contribution in [0, 0.1) is 40.9 Å². The molecular weight excluding hydrogens is 386 g/mol. The van der Waals surface area contributed by atoms with Crippen LogP contribution in [-0.2, 0) is 11.3 Å². The maximum atomic E-state index is 11.1. The summed E-state index contributed by atoms with van der Waals surface area (Å²) in [5, 5.41) is 19.2. The van der Waals surface area contributed by atoms with Crippen molar-refractivity contribution in [2.24, 2.45) is 40.9 Å². The van der Waals surface area contributed by atoms with E-state index in [4.69, 9.17) is 4.74 Å². The monoisotopic (exact) mass is 427 g/mol. The Morgan fingerprint density at radius 2 is 1.97 bits per heavy atom. The van der Waals surface area contributed by atoms with Gasteiger partial charge in [0.15, 0.2) is 0 Å². The van der Waals surface area contributed by atoms with E-state index in [1.807, 2.05) is 17.8 Å². The van der Waals surface area contributed by atoms with Gasteiger partial charge in [0.25, 0.3) is 0 Å². The lowest BCUT2D eigenvalue weighted by molar-refractivity contribution is -0.127. The van der Waals surface area contributed by atoms with Crippen molar-refractivity contribution >= 4 is 0 Å². The fraction of sp³-hybridized carbons (Fsp3) is 0.846. The smallest absolute Gasteiger partial charge is 0.0883 e. The number of aromatic nitrogens is 3. The summed E-state index contributed by atoms with van der Waals surface area (Å²) >= 11 is 0. The zero-order valence-corrected chi connectivity index (χ0v) is 19.5. The Labute approximate surface area is 187 Å². The van der Waals surface area contributed by atoms with E-state index in [-0.39, 0.29) is 0 Å². The van der Waals surface area contributed by atoms with Gasteiger partial charge in [-0.05, 0) is 106 Å². The molecule has 1 heterocycles. The summed E-state index contributed by atoms with van der Waals surface area (Å²) in [6, 6.07) is 0. The molecule has 8 atom stereocenters. The average Bonchev–Trinajstić information content (AvgIpc) is 3.39. The molecule has 0 aromatic carbocycles. The van der Waals surface area contributed by atoms with Crippen molar-refractivity contribution in [2.75, 3.05) is 13.2 Å². The number of fused-ring (bicyclic) bond motifs is 5. The minimum Gasteiger partial charge on any atom is -0.387 e. The van der Waals surface area contributed by atoms with Gasteiger partial charge < -0.3 is 9.84 Å². The van der Waals surface area contributed by atoms with E-state index in [2.05, 4.69) is 23.8 Å². The highest BCUT2D eigenvalue weighted by Gasteiger charge is 2.58. The van der Waals surface area contributed by atoms with Crippen LogP contribution in [0.4, 0.5) is 0 Å². The van der Waals surface area contributed by atoms with Gasteiger partial charge in [-0.3, -0.25) is 0 Å². The highest BCUT2D eigenvalue weighted by atomic mass is 16.5. The van der Waals surface area contributed by atoms with E-state index in [1.165, 1.54) is 50.5 Å². The number of allylic oxidation sites excluding steroid dienone is 1. The van der Waals surface area contributed by atoms with Crippen LogP contribution in [0.15, 0.2) is 24.5 Å². The van der Waals surface area contributed by atoms with Crippen molar-refractivity contribution in [1.82, 2.24) is 15.0 Å².